The number of guanidine groups is 1. The molecule has 0 unspecified atom stereocenters. The summed E-state index contributed by atoms with van der Waals surface area (Å²) in [6, 6.07) is 8.07. The van der Waals surface area contributed by atoms with Crippen molar-refractivity contribution in [2.45, 2.75) is 20.0 Å². The minimum atomic E-state index is 0. The normalized spacial score (nSPS) is 11.4. The lowest BCUT2D eigenvalue weighted by molar-refractivity contribution is 0.684. The van der Waals surface area contributed by atoms with Gasteiger partial charge in [0.2, 0.25) is 0 Å². The molecular formula is C16H22IN7. The molecule has 0 aromatic carbocycles. The first-order valence-corrected chi connectivity index (χ1v) is 7.52. The predicted molar refractivity (Wildman–Crippen MR) is 106 cm³/mol. The average Bonchev–Trinajstić information content (AvgIpc) is 3.14. The zero-order chi connectivity index (χ0) is 16.2. The molecule has 0 fully saturated rings. The van der Waals surface area contributed by atoms with Crippen molar-refractivity contribution in [2.75, 3.05) is 7.05 Å². The number of nitrogens with one attached hydrogen (secondary N) is 2. The standard InChI is InChI=1S/C16H21N7.HI/c1-12-5-4-6-15-21-13(11-23(12)15)9-18-16(17-2)19-10-14-7-8-20-22(14)3;/h4-8,11H,9-10H2,1-3H3,(H2,17,18,19);1H. The van der Waals surface area contributed by atoms with Gasteiger partial charge in [-0.25, -0.2) is 4.98 Å². The highest BCUT2D eigenvalue weighted by atomic mass is 127. The Labute approximate surface area is 158 Å². The molecule has 0 radical (unpaired) electrons. The fourth-order valence-electron chi connectivity index (χ4n) is 2.43. The fraction of sp³-hybridized carbons (Fsp3) is 0.312. The van der Waals surface area contributed by atoms with Crippen molar-refractivity contribution in [3.8, 4) is 0 Å². The van der Waals surface area contributed by atoms with Crippen LogP contribution in [0.25, 0.3) is 5.65 Å². The van der Waals surface area contributed by atoms with E-state index in [1.165, 1.54) is 5.69 Å². The van der Waals surface area contributed by atoms with Crippen LogP contribution in [0.3, 0.4) is 0 Å². The van der Waals surface area contributed by atoms with Crippen LogP contribution in [0.4, 0.5) is 0 Å². The summed E-state index contributed by atoms with van der Waals surface area (Å²) in [5.41, 5.74) is 4.19. The van der Waals surface area contributed by atoms with Gasteiger partial charge in [-0.3, -0.25) is 9.67 Å². The molecule has 0 spiro atoms. The minimum Gasteiger partial charge on any atom is -0.351 e. The van der Waals surface area contributed by atoms with Gasteiger partial charge < -0.3 is 15.0 Å². The van der Waals surface area contributed by atoms with Gasteiger partial charge in [-0.15, -0.1) is 24.0 Å². The van der Waals surface area contributed by atoms with Gasteiger partial charge in [-0.2, -0.15) is 5.10 Å². The third-order valence-electron chi connectivity index (χ3n) is 3.77. The topological polar surface area (TPSA) is 71.5 Å². The van der Waals surface area contributed by atoms with E-state index < -0.39 is 0 Å². The number of halogens is 1. The molecule has 3 rings (SSSR count). The van der Waals surface area contributed by atoms with Crippen molar-refractivity contribution in [3.05, 3.63) is 53.7 Å². The van der Waals surface area contributed by atoms with E-state index in [1.807, 2.05) is 36.1 Å². The SMILES string of the molecule is CN=C(NCc1cn2c(C)cccc2n1)NCc1ccnn1C.I. The second-order valence-electron chi connectivity index (χ2n) is 5.35. The van der Waals surface area contributed by atoms with E-state index in [4.69, 9.17) is 0 Å². The lowest BCUT2D eigenvalue weighted by Crippen LogP contribution is -2.36. The number of fused-ring (bicyclic) bond motifs is 1. The lowest BCUT2D eigenvalue weighted by atomic mass is 10.4. The number of pyridine rings is 1. The Hall–Kier alpha value is -2.10. The van der Waals surface area contributed by atoms with Gasteiger partial charge >= 0.3 is 0 Å². The van der Waals surface area contributed by atoms with E-state index >= 15 is 0 Å². The van der Waals surface area contributed by atoms with Gasteiger partial charge in [-0.05, 0) is 25.1 Å². The van der Waals surface area contributed by atoms with Crippen LogP contribution >= 0.6 is 24.0 Å². The fourth-order valence-corrected chi connectivity index (χ4v) is 2.43. The lowest BCUT2D eigenvalue weighted by Gasteiger charge is -2.10. The second-order valence-corrected chi connectivity index (χ2v) is 5.35. The molecule has 0 aliphatic heterocycles. The van der Waals surface area contributed by atoms with Crippen LogP contribution in [0.15, 0.2) is 41.7 Å². The highest BCUT2D eigenvalue weighted by Gasteiger charge is 2.05. The van der Waals surface area contributed by atoms with Crippen molar-refractivity contribution in [1.29, 1.82) is 0 Å². The molecule has 3 aromatic rings. The van der Waals surface area contributed by atoms with Crippen LogP contribution in [-0.2, 0) is 20.1 Å². The second kappa shape index (κ2) is 8.13. The molecule has 0 saturated heterocycles. The number of nitrogens with zero attached hydrogens (tertiary/aromatic N) is 5. The molecular weight excluding hydrogens is 417 g/mol. The summed E-state index contributed by atoms with van der Waals surface area (Å²) < 4.78 is 3.92. The molecule has 2 N–H and O–H groups in total. The number of aliphatic imine (C=N–C) groups is 1. The van der Waals surface area contributed by atoms with Gasteiger partial charge in [0.15, 0.2) is 5.96 Å². The minimum absolute atomic E-state index is 0. The zero-order valence-corrected chi connectivity index (χ0v) is 16.4. The van der Waals surface area contributed by atoms with Crippen molar-refractivity contribution < 1.29 is 0 Å². The van der Waals surface area contributed by atoms with Crippen LogP contribution in [0.5, 0.6) is 0 Å². The number of aromatic nitrogens is 4. The summed E-state index contributed by atoms with van der Waals surface area (Å²) in [6.07, 6.45) is 3.83. The van der Waals surface area contributed by atoms with Crippen LogP contribution in [0.2, 0.25) is 0 Å². The van der Waals surface area contributed by atoms with Crippen LogP contribution in [0.1, 0.15) is 17.1 Å². The first kappa shape index (κ1) is 18.2. The summed E-state index contributed by atoms with van der Waals surface area (Å²) in [5.74, 6) is 0.736. The quantitative estimate of drug-likeness (QED) is 0.370. The van der Waals surface area contributed by atoms with Crippen LogP contribution < -0.4 is 10.6 Å². The maximum atomic E-state index is 4.61. The Bertz CT molecular complexity index is 834. The molecule has 0 amide bonds. The monoisotopic (exact) mass is 439 g/mol. The third kappa shape index (κ3) is 4.05. The molecule has 24 heavy (non-hydrogen) atoms. The van der Waals surface area contributed by atoms with Crippen LogP contribution in [-0.4, -0.2) is 32.2 Å². The molecule has 0 atom stereocenters. The highest BCUT2D eigenvalue weighted by molar-refractivity contribution is 14.0. The maximum absolute atomic E-state index is 4.61. The van der Waals surface area contributed by atoms with E-state index in [0.717, 1.165) is 23.0 Å². The largest absolute Gasteiger partial charge is 0.351 e. The Morgan fingerprint density at radius 3 is 2.67 bits per heavy atom. The molecule has 0 bridgehead atoms. The first-order valence-electron chi connectivity index (χ1n) is 7.52. The third-order valence-corrected chi connectivity index (χ3v) is 3.77. The Balaban J connectivity index is 0.00000208. The maximum Gasteiger partial charge on any atom is 0.191 e. The van der Waals surface area contributed by atoms with E-state index in [0.29, 0.717) is 13.1 Å². The molecule has 8 heteroatoms. The van der Waals surface area contributed by atoms with E-state index in [9.17, 15) is 0 Å². The van der Waals surface area contributed by atoms with Gasteiger partial charge in [0.25, 0.3) is 0 Å². The number of hydrogen-bond donors (Lipinski definition) is 2. The molecule has 128 valence electrons. The van der Waals surface area contributed by atoms with E-state index in [1.54, 1.807) is 13.2 Å². The first-order chi connectivity index (χ1) is 11.2. The average molecular weight is 439 g/mol. The predicted octanol–water partition coefficient (Wildman–Crippen LogP) is 1.86. The van der Waals surface area contributed by atoms with E-state index in [-0.39, 0.29) is 24.0 Å². The summed E-state index contributed by atoms with van der Waals surface area (Å²) >= 11 is 0. The molecule has 0 aliphatic rings. The smallest absolute Gasteiger partial charge is 0.191 e. The molecule has 3 heterocycles. The summed E-state index contributed by atoms with van der Waals surface area (Å²) in [7, 11) is 3.68. The van der Waals surface area contributed by atoms with E-state index in [2.05, 4.69) is 43.1 Å². The van der Waals surface area contributed by atoms with Gasteiger partial charge in [-0.1, -0.05) is 6.07 Å². The summed E-state index contributed by atoms with van der Waals surface area (Å²) in [5, 5.41) is 10.7. The molecule has 0 aliphatic carbocycles. The molecule has 7 nitrogen and oxygen atoms in total. The van der Waals surface area contributed by atoms with Crippen molar-refractivity contribution in [1.82, 2.24) is 29.8 Å². The number of rotatable bonds is 4. The number of imidazole rings is 1. The summed E-state index contributed by atoms with van der Waals surface area (Å²) in [6.45, 7) is 3.35. The van der Waals surface area contributed by atoms with Gasteiger partial charge in [0, 0.05) is 32.2 Å². The van der Waals surface area contributed by atoms with Crippen molar-refractivity contribution in [3.63, 3.8) is 0 Å². The molecule has 0 saturated carbocycles. The van der Waals surface area contributed by atoms with Gasteiger partial charge in [0.1, 0.15) is 5.65 Å². The van der Waals surface area contributed by atoms with Crippen molar-refractivity contribution >= 4 is 35.6 Å². The van der Waals surface area contributed by atoms with Crippen molar-refractivity contribution in [2.24, 2.45) is 12.0 Å². The Morgan fingerprint density at radius 1 is 1.21 bits per heavy atom. The number of hydrogen-bond acceptors (Lipinski definition) is 3. The highest BCUT2D eigenvalue weighted by Crippen LogP contribution is 2.08. The summed E-state index contributed by atoms with van der Waals surface area (Å²) in [4.78, 5) is 8.84. The van der Waals surface area contributed by atoms with Crippen LogP contribution in [0, 0.1) is 6.92 Å². The number of aryl methyl sites for hydroxylation is 2. The van der Waals surface area contributed by atoms with Gasteiger partial charge in [0.05, 0.1) is 24.5 Å². The Kier molecular flexibility index (Phi) is 6.18. The Morgan fingerprint density at radius 2 is 2.00 bits per heavy atom. The molecule has 3 aromatic heterocycles. The zero-order valence-electron chi connectivity index (χ0n) is 14.0.